The van der Waals surface area contributed by atoms with Crippen molar-refractivity contribution in [1.29, 1.82) is 0 Å². The number of pyridine rings is 1. The summed E-state index contributed by atoms with van der Waals surface area (Å²) in [6.07, 6.45) is 5.97. The van der Waals surface area contributed by atoms with Gasteiger partial charge in [0, 0.05) is 31.2 Å². The summed E-state index contributed by atoms with van der Waals surface area (Å²) in [5, 5.41) is 12.0. The Labute approximate surface area is 145 Å². The minimum Gasteiger partial charge on any atom is -0.409 e. The van der Waals surface area contributed by atoms with Crippen LogP contribution in [-0.2, 0) is 6.54 Å². The quantitative estimate of drug-likeness (QED) is 0.387. The van der Waals surface area contributed by atoms with Crippen molar-refractivity contribution in [3.63, 3.8) is 0 Å². The number of aromatic nitrogens is 1. The van der Waals surface area contributed by atoms with Gasteiger partial charge in [0.25, 0.3) is 0 Å². The molecular formula is C18H23FN4O2. The Morgan fingerprint density at radius 3 is 2.56 bits per heavy atom. The summed E-state index contributed by atoms with van der Waals surface area (Å²) in [6, 6.07) is 3.02. The highest BCUT2D eigenvalue weighted by Gasteiger charge is 2.19. The van der Waals surface area contributed by atoms with Crippen molar-refractivity contribution in [3.8, 4) is 0 Å². The highest BCUT2D eigenvalue weighted by molar-refractivity contribution is 6.00. The van der Waals surface area contributed by atoms with Gasteiger partial charge in [-0.3, -0.25) is 4.79 Å². The maximum atomic E-state index is 14.8. The summed E-state index contributed by atoms with van der Waals surface area (Å²) >= 11 is 0. The van der Waals surface area contributed by atoms with Gasteiger partial charge in [0.15, 0.2) is 5.84 Å². The zero-order chi connectivity index (χ0) is 18.0. The van der Waals surface area contributed by atoms with Gasteiger partial charge in [0.2, 0.25) is 5.43 Å². The molecule has 0 bridgehead atoms. The summed E-state index contributed by atoms with van der Waals surface area (Å²) in [4.78, 5) is 14.7. The third-order valence-electron chi connectivity index (χ3n) is 4.82. The van der Waals surface area contributed by atoms with E-state index in [2.05, 4.69) is 10.1 Å². The van der Waals surface area contributed by atoms with Crippen LogP contribution in [0.4, 0.5) is 10.1 Å². The molecule has 7 heteroatoms. The standard InChI is InChI=1S/C18H23FN4O2/c1-2-22-11-13(18(20)21-25)17(24)12-9-14(19)16(10-15(12)22)23-7-5-3-4-6-8-23/h9-11,25H,2-8H2,1H3,(H2,20,21). The third-order valence-corrected chi connectivity index (χ3v) is 4.82. The summed E-state index contributed by atoms with van der Waals surface area (Å²) in [5.74, 6) is -0.683. The maximum Gasteiger partial charge on any atom is 0.200 e. The molecule has 0 amide bonds. The number of rotatable bonds is 3. The van der Waals surface area contributed by atoms with Crippen LogP contribution >= 0.6 is 0 Å². The zero-order valence-electron chi connectivity index (χ0n) is 14.3. The van der Waals surface area contributed by atoms with Crippen molar-refractivity contribution in [2.75, 3.05) is 18.0 Å². The van der Waals surface area contributed by atoms with Crippen molar-refractivity contribution >= 4 is 22.4 Å². The van der Waals surface area contributed by atoms with Crippen LogP contribution in [0.15, 0.2) is 28.3 Å². The Morgan fingerprint density at radius 1 is 1.28 bits per heavy atom. The molecule has 1 fully saturated rings. The first-order valence-electron chi connectivity index (χ1n) is 8.66. The highest BCUT2D eigenvalue weighted by atomic mass is 19.1. The van der Waals surface area contributed by atoms with Crippen molar-refractivity contribution in [1.82, 2.24) is 4.57 Å². The summed E-state index contributed by atoms with van der Waals surface area (Å²) in [6.45, 7) is 4.14. The molecule has 1 aromatic heterocycles. The number of anilines is 1. The molecule has 25 heavy (non-hydrogen) atoms. The largest absolute Gasteiger partial charge is 0.409 e. The lowest BCUT2D eigenvalue weighted by molar-refractivity contribution is 0.318. The Hall–Kier alpha value is -2.57. The van der Waals surface area contributed by atoms with Gasteiger partial charge in [0.1, 0.15) is 5.82 Å². The zero-order valence-corrected chi connectivity index (χ0v) is 14.3. The van der Waals surface area contributed by atoms with Crippen LogP contribution in [0, 0.1) is 5.82 Å². The molecule has 2 aromatic rings. The second kappa shape index (κ2) is 7.13. The molecule has 0 atom stereocenters. The van der Waals surface area contributed by atoms with E-state index in [1.54, 1.807) is 12.3 Å². The Bertz CT molecular complexity index is 867. The second-order valence-corrected chi connectivity index (χ2v) is 6.37. The van der Waals surface area contributed by atoms with E-state index in [-0.39, 0.29) is 16.8 Å². The predicted octanol–water partition coefficient (Wildman–Crippen LogP) is 2.64. The molecule has 0 unspecified atom stereocenters. The molecule has 1 saturated heterocycles. The molecule has 0 saturated carbocycles. The summed E-state index contributed by atoms with van der Waals surface area (Å²) < 4.78 is 16.6. The molecule has 0 aliphatic carbocycles. The molecule has 1 aliphatic rings. The lowest BCUT2D eigenvalue weighted by atomic mass is 10.1. The Kier molecular flexibility index (Phi) is 4.92. The molecule has 3 N–H and O–H groups in total. The minimum atomic E-state index is -0.434. The summed E-state index contributed by atoms with van der Waals surface area (Å²) in [5.41, 5.74) is 6.42. The number of amidine groups is 1. The van der Waals surface area contributed by atoms with Crippen molar-refractivity contribution in [3.05, 3.63) is 39.9 Å². The van der Waals surface area contributed by atoms with Crippen LogP contribution in [-0.4, -0.2) is 28.7 Å². The maximum absolute atomic E-state index is 14.8. The van der Waals surface area contributed by atoms with E-state index < -0.39 is 11.2 Å². The lowest BCUT2D eigenvalue weighted by Crippen LogP contribution is -2.27. The predicted molar refractivity (Wildman–Crippen MR) is 97.0 cm³/mol. The van der Waals surface area contributed by atoms with Crippen LogP contribution in [0.5, 0.6) is 0 Å². The van der Waals surface area contributed by atoms with Gasteiger partial charge in [-0.1, -0.05) is 18.0 Å². The monoisotopic (exact) mass is 346 g/mol. The first-order valence-corrected chi connectivity index (χ1v) is 8.66. The average molecular weight is 346 g/mol. The molecule has 0 radical (unpaired) electrons. The van der Waals surface area contributed by atoms with E-state index in [0.717, 1.165) is 38.8 Å². The van der Waals surface area contributed by atoms with Gasteiger partial charge in [-0.25, -0.2) is 4.39 Å². The molecule has 1 aliphatic heterocycles. The minimum absolute atomic E-state index is 0.0683. The van der Waals surface area contributed by atoms with E-state index >= 15 is 0 Å². The third kappa shape index (κ3) is 3.18. The number of hydrogen-bond acceptors (Lipinski definition) is 4. The molecule has 6 nitrogen and oxygen atoms in total. The van der Waals surface area contributed by atoms with Gasteiger partial charge in [0.05, 0.1) is 16.8 Å². The number of oxime groups is 1. The van der Waals surface area contributed by atoms with Gasteiger partial charge < -0.3 is 20.4 Å². The van der Waals surface area contributed by atoms with Crippen LogP contribution in [0.25, 0.3) is 10.9 Å². The molecule has 134 valence electrons. The average Bonchev–Trinajstić information content (AvgIpc) is 2.90. The van der Waals surface area contributed by atoms with E-state index in [1.165, 1.54) is 6.07 Å². The van der Waals surface area contributed by atoms with Crippen molar-refractivity contribution in [2.24, 2.45) is 10.9 Å². The first-order chi connectivity index (χ1) is 12.1. The van der Waals surface area contributed by atoms with E-state index in [9.17, 15) is 9.18 Å². The van der Waals surface area contributed by atoms with Gasteiger partial charge in [-0.2, -0.15) is 0 Å². The molecule has 2 heterocycles. The number of hydrogen-bond donors (Lipinski definition) is 2. The fourth-order valence-electron chi connectivity index (χ4n) is 3.45. The molecular weight excluding hydrogens is 323 g/mol. The topological polar surface area (TPSA) is 83.9 Å². The van der Waals surface area contributed by atoms with Crippen LogP contribution < -0.4 is 16.1 Å². The Morgan fingerprint density at radius 2 is 1.96 bits per heavy atom. The smallest absolute Gasteiger partial charge is 0.200 e. The molecule has 0 spiro atoms. The lowest BCUT2D eigenvalue weighted by Gasteiger charge is -2.24. The van der Waals surface area contributed by atoms with Crippen molar-refractivity contribution < 1.29 is 9.60 Å². The number of nitrogens with two attached hydrogens (primary N) is 1. The van der Waals surface area contributed by atoms with Crippen molar-refractivity contribution in [2.45, 2.75) is 39.2 Å². The fraction of sp³-hybridized carbons (Fsp3) is 0.444. The van der Waals surface area contributed by atoms with Gasteiger partial charge >= 0.3 is 0 Å². The second-order valence-electron chi connectivity index (χ2n) is 6.37. The van der Waals surface area contributed by atoms with Gasteiger partial charge in [-0.05, 0) is 31.9 Å². The number of aryl methyl sites for hydroxylation is 1. The number of nitrogens with zero attached hydrogens (tertiary/aromatic N) is 3. The fourth-order valence-corrected chi connectivity index (χ4v) is 3.45. The molecule has 3 rings (SSSR count). The van der Waals surface area contributed by atoms with Crippen LogP contribution in [0.3, 0.4) is 0 Å². The number of halogens is 1. The van der Waals surface area contributed by atoms with E-state index in [1.807, 2.05) is 11.5 Å². The normalized spacial score (nSPS) is 16.2. The first kappa shape index (κ1) is 17.3. The van der Waals surface area contributed by atoms with E-state index in [0.29, 0.717) is 17.7 Å². The molecule has 1 aromatic carbocycles. The van der Waals surface area contributed by atoms with Crippen LogP contribution in [0.2, 0.25) is 0 Å². The number of benzene rings is 1. The van der Waals surface area contributed by atoms with E-state index in [4.69, 9.17) is 10.9 Å². The SMILES string of the molecule is CCn1cc(/C(N)=N/O)c(=O)c2cc(F)c(N3CCCCCC3)cc21. The highest BCUT2D eigenvalue weighted by Crippen LogP contribution is 2.27. The van der Waals surface area contributed by atoms with Crippen LogP contribution in [0.1, 0.15) is 38.2 Å². The van der Waals surface area contributed by atoms with Gasteiger partial charge in [-0.15, -0.1) is 0 Å². The number of fused-ring (bicyclic) bond motifs is 1. The summed E-state index contributed by atoms with van der Waals surface area (Å²) in [7, 11) is 0. The Balaban J connectivity index is 2.21.